The van der Waals surface area contributed by atoms with Crippen molar-refractivity contribution in [2.24, 2.45) is 10.7 Å². The van der Waals surface area contributed by atoms with Crippen molar-refractivity contribution in [2.45, 2.75) is 26.3 Å². The largest absolute Gasteiger partial charge is 0.387 e. The average Bonchev–Trinajstić information content (AvgIpc) is 2.19. The van der Waals surface area contributed by atoms with Crippen LogP contribution in [0.15, 0.2) is 29.4 Å². The van der Waals surface area contributed by atoms with E-state index in [9.17, 15) is 0 Å². The number of nitrogens with zero attached hydrogens (tertiary/aromatic N) is 2. The van der Waals surface area contributed by atoms with Gasteiger partial charge in [-0.3, -0.25) is 9.98 Å². The standard InChI is InChI=1S/C10H15N3/c1-3-10(11)13-8(2)9-6-4-5-7-12-9/h4-8H,3H2,1-2H3,(H2,11,13). The maximum absolute atomic E-state index is 5.63. The van der Waals surface area contributed by atoms with Crippen LogP contribution in [-0.2, 0) is 0 Å². The number of amidine groups is 1. The predicted octanol–water partition coefficient (Wildman–Crippen LogP) is 1.91. The Balaban J connectivity index is 2.75. The molecule has 0 saturated carbocycles. The molecule has 0 radical (unpaired) electrons. The summed E-state index contributed by atoms with van der Waals surface area (Å²) in [7, 11) is 0. The second kappa shape index (κ2) is 4.60. The minimum Gasteiger partial charge on any atom is -0.387 e. The van der Waals surface area contributed by atoms with E-state index in [0.29, 0.717) is 5.84 Å². The Labute approximate surface area is 78.7 Å². The second-order valence-electron chi connectivity index (χ2n) is 2.90. The molecule has 0 aliphatic carbocycles. The maximum atomic E-state index is 5.63. The second-order valence-corrected chi connectivity index (χ2v) is 2.90. The maximum Gasteiger partial charge on any atom is 0.0942 e. The van der Waals surface area contributed by atoms with Crippen LogP contribution >= 0.6 is 0 Å². The van der Waals surface area contributed by atoms with Gasteiger partial charge in [0.05, 0.1) is 17.6 Å². The minimum absolute atomic E-state index is 0.0566. The van der Waals surface area contributed by atoms with E-state index in [1.54, 1.807) is 6.20 Å². The molecular weight excluding hydrogens is 162 g/mol. The van der Waals surface area contributed by atoms with Crippen LogP contribution in [0.2, 0.25) is 0 Å². The monoisotopic (exact) mass is 177 g/mol. The summed E-state index contributed by atoms with van der Waals surface area (Å²) in [6.45, 7) is 3.98. The lowest BCUT2D eigenvalue weighted by Crippen LogP contribution is -2.11. The van der Waals surface area contributed by atoms with Gasteiger partial charge in [-0.2, -0.15) is 0 Å². The fourth-order valence-corrected chi connectivity index (χ4v) is 1.03. The smallest absolute Gasteiger partial charge is 0.0942 e. The zero-order valence-corrected chi connectivity index (χ0v) is 8.07. The van der Waals surface area contributed by atoms with Gasteiger partial charge in [-0.05, 0) is 19.1 Å². The Morgan fingerprint density at radius 3 is 2.92 bits per heavy atom. The van der Waals surface area contributed by atoms with E-state index in [1.807, 2.05) is 32.0 Å². The first-order chi connectivity index (χ1) is 6.24. The van der Waals surface area contributed by atoms with E-state index in [-0.39, 0.29) is 6.04 Å². The van der Waals surface area contributed by atoms with Gasteiger partial charge in [0.2, 0.25) is 0 Å². The third-order valence-electron chi connectivity index (χ3n) is 1.84. The normalized spacial score (nSPS) is 14.2. The number of nitrogens with two attached hydrogens (primary N) is 1. The number of aliphatic imine (C=N–C) groups is 1. The first-order valence-corrected chi connectivity index (χ1v) is 4.47. The van der Waals surface area contributed by atoms with Crippen molar-refractivity contribution in [2.75, 3.05) is 0 Å². The number of hydrogen-bond donors (Lipinski definition) is 1. The van der Waals surface area contributed by atoms with Crippen molar-refractivity contribution in [3.05, 3.63) is 30.1 Å². The van der Waals surface area contributed by atoms with Gasteiger partial charge in [0.1, 0.15) is 0 Å². The zero-order chi connectivity index (χ0) is 9.68. The van der Waals surface area contributed by atoms with Crippen LogP contribution in [0.3, 0.4) is 0 Å². The lowest BCUT2D eigenvalue weighted by atomic mass is 10.2. The molecule has 1 atom stereocenters. The summed E-state index contributed by atoms with van der Waals surface area (Å²) in [4.78, 5) is 8.50. The summed E-state index contributed by atoms with van der Waals surface area (Å²) < 4.78 is 0. The van der Waals surface area contributed by atoms with Crippen molar-refractivity contribution < 1.29 is 0 Å². The quantitative estimate of drug-likeness (QED) is 0.566. The van der Waals surface area contributed by atoms with Crippen molar-refractivity contribution in [1.82, 2.24) is 4.98 Å². The van der Waals surface area contributed by atoms with Crippen LogP contribution in [0.25, 0.3) is 0 Å². The Morgan fingerprint density at radius 2 is 2.38 bits per heavy atom. The van der Waals surface area contributed by atoms with Gasteiger partial charge < -0.3 is 5.73 Å². The molecule has 1 heterocycles. The van der Waals surface area contributed by atoms with Gasteiger partial charge in [-0.1, -0.05) is 13.0 Å². The Hall–Kier alpha value is -1.38. The molecule has 1 rings (SSSR count). The van der Waals surface area contributed by atoms with Gasteiger partial charge in [-0.25, -0.2) is 0 Å². The van der Waals surface area contributed by atoms with Crippen LogP contribution in [0, 0.1) is 0 Å². The van der Waals surface area contributed by atoms with Gasteiger partial charge >= 0.3 is 0 Å². The summed E-state index contributed by atoms with van der Waals surface area (Å²) in [5, 5.41) is 0. The molecule has 0 spiro atoms. The summed E-state index contributed by atoms with van der Waals surface area (Å²) in [6, 6.07) is 5.86. The molecule has 0 aliphatic heterocycles. The molecule has 1 aromatic heterocycles. The van der Waals surface area contributed by atoms with Crippen LogP contribution < -0.4 is 5.73 Å². The van der Waals surface area contributed by atoms with Crippen LogP contribution in [-0.4, -0.2) is 10.8 Å². The highest BCUT2D eigenvalue weighted by Crippen LogP contribution is 2.12. The summed E-state index contributed by atoms with van der Waals surface area (Å²) in [6.07, 6.45) is 2.56. The number of pyridine rings is 1. The van der Waals surface area contributed by atoms with Gasteiger partial charge in [0, 0.05) is 12.6 Å². The third kappa shape index (κ3) is 2.86. The fraction of sp³-hybridized carbons (Fsp3) is 0.400. The van der Waals surface area contributed by atoms with E-state index >= 15 is 0 Å². The average molecular weight is 177 g/mol. The van der Waals surface area contributed by atoms with E-state index in [2.05, 4.69) is 9.98 Å². The molecule has 2 N–H and O–H groups in total. The number of hydrogen-bond acceptors (Lipinski definition) is 2. The van der Waals surface area contributed by atoms with E-state index in [1.165, 1.54) is 0 Å². The van der Waals surface area contributed by atoms with Crippen molar-refractivity contribution >= 4 is 5.84 Å². The molecule has 0 saturated heterocycles. The topological polar surface area (TPSA) is 51.3 Å². The number of aromatic nitrogens is 1. The van der Waals surface area contributed by atoms with E-state index < -0.39 is 0 Å². The molecule has 70 valence electrons. The number of rotatable bonds is 3. The first-order valence-electron chi connectivity index (χ1n) is 4.47. The molecule has 13 heavy (non-hydrogen) atoms. The van der Waals surface area contributed by atoms with E-state index in [0.717, 1.165) is 12.1 Å². The molecule has 0 fully saturated rings. The highest BCUT2D eigenvalue weighted by atomic mass is 14.9. The Bertz CT molecular complexity index is 279. The molecule has 0 bridgehead atoms. The SMILES string of the molecule is CCC(N)=NC(C)c1ccccn1. The first kappa shape index (κ1) is 9.71. The van der Waals surface area contributed by atoms with Crippen LogP contribution in [0.1, 0.15) is 32.0 Å². The van der Waals surface area contributed by atoms with Crippen LogP contribution in [0.4, 0.5) is 0 Å². The minimum atomic E-state index is 0.0566. The molecule has 0 amide bonds. The fourth-order valence-electron chi connectivity index (χ4n) is 1.03. The van der Waals surface area contributed by atoms with Gasteiger partial charge in [0.15, 0.2) is 0 Å². The lowest BCUT2D eigenvalue weighted by molar-refractivity contribution is 0.777. The lowest BCUT2D eigenvalue weighted by Gasteiger charge is -2.05. The van der Waals surface area contributed by atoms with Crippen LogP contribution in [0.5, 0.6) is 0 Å². The Morgan fingerprint density at radius 1 is 1.62 bits per heavy atom. The van der Waals surface area contributed by atoms with E-state index in [4.69, 9.17) is 5.73 Å². The zero-order valence-electron chi connectivity index (χ0n) is 8.07. The highest BCUT2D eigenvalue weighted by Gasteiger charge is 2.03. The molecule has 3 nitrogen and oxygen atoms in total. The van der Waals surface area contributed by atoms with Crippen molar-refractivity contribution in [3.8, 4) is 0 Å². The summed E-state index contributed by atoms with van der Waals surface area (Å²) >= 11 is 0. The molecular formula is C10H15N3. The Kier molecular flexibility index (Phi) is 3.43. The van der Waals surface area contributed by atoms with Crippen molar-refractivity contribution in [1.29, 1.82) is 0 Å². The third-order valence-corrected chi connectivity index (χ3v) is 1.84. The highest BCUT2D eigenvalue weighted by molar-refractivity contribution is 5.80. The molecule has 1 aromatic rings. The summed E-state index contributed by atoms with van der Waals surface area (Å²) in [5.41, 5.74) is 6.59. The molecule has 3 heteroatoms. The molecule has 0 aromatic carbocycles. The molecule has 0 aliphatic rings. The van der Waals surface area contributed by atoms with Crippen molar-refractivity contribution in [3.63, 3.8) is 0 Å². The predicted molar refractivity (Wildman–Crippen MR) is 54.6 cm³/mol. The molecule has 1 unspecified atom stereocenters. The van der Waals surface area contributed by atoms with Gasteiger partial charge in [0.25, 0.3) is 0 Å². The summed E-state index contributed by atoms with van der Waals surface area (Å²) in [5.74, 6) is 0.679. The van der Waals surface area contributed by atoms with Gasteiger partial charge in [-0.15, -0.1) is 0 Å².